The van der Waals surface area contributed by atoms with E-state index in [1.165, 1.54) is 25.3 Å². The zero-order valence-electron chi connectivity index (χ0n) is 14.8. The number of methoxy groups -OCH3 is 1. The summed E-state index contributed by atoms with van der Waals surface area (Å²) in [5.41, 5.74) is -1.00. The van der Waals surface area contributed by atoms with Gasteiger partial charge in [0.05, 0.1) is 22.6 Å². The van der Waals surface area contributed by atoms with Crippen molar-refractivity contribution in [2.45, 2.75) is 0 Å². The number of imide groups is 1. The normalized spacial score (nSPS) is 12.9. The molecule has 3 aromatic carbocycles. The van der Waals surface area contributed by atoms with E-state index in [9.17, 15) is 29.8 Å². The molecule has 3 aromatic rings. The van der Waals surface area contributed by atoms with E-state index in [0.29, 0.717) is 0 Å². The molecule has 0 saturated heterocycles. The summed E-state index contributed by atoms with van der Waals surface area (Å²) < 4.78 is 5.23. The Balaban J connectivity index is 2.07. The lowest BCUT2D eigenvalue weighted by atomic mass is 9.91. The number of nitrogens with zero attached hydrogens (tertiary/aromatic N) is 3. The predicted octanol–water partition coefficient (Wildman–Crippen LogP) is 3.47. The Kier molecular flexibility index (Phi) is 3.97. The number of benzene rings is 3. The zero-order valence-corrected chi connectivity index (χ0v) is 14.8. The number of anilines is 1. The minimum atomic E-state index is -0.780. The summed E-state index contributed by atoms with van der Waals surface area (Å²) in [6.07, 6.45) is 0. The highest BCUT2D eigenvalue weighted by atomic mass is 16.6. The van der Waals surface area contributed by atoms with E-state index in [2.05, 4.69) is 0 Å². The highest BCUT2D eigenvalue weighted by molar-refractivity contribution is 6.37. The van der Waals surface area contributed by atoms with Gasteiger partial charge in [-0.05, 0) is 24.3 Å². The van der Waals surface area contributed by atoms with Gasteiger partial charge in [-0.2, -0.15) is 0 Å². The van der Waals surface area contributed by atoms with Crippen LogP contribution in [0.1, 0.15) is 20.7 Å². The molecule has 0 fully saturated rings. The van der Waals surface area contributed by atoms with Crippen molar-refractivity contribution in [2.75, 3.05) is 12.0 Å². The standard InChI is InChI=1S/C19H11N3O7/c1-29-15-5-3-2-4-12(15)20-18(23)10-6-8-13(21(25)26)17-14(22(27)28)9-7-11(16(10)17)19(20)24/h2-9H,1H3. The molecule has 144 valence electrons. The molecule has 0 aliphatic carbocycles. The van der Waals surface area contributed by atoms with Gasteiger partial charge in [0, 0.05) is 28.6 Å². The first-order valence-electron chi connectivity index (χ1n) is 8.27. The number of para-hydroxylation sites is 2. The van der Waals surface area contributed by atoms with Crippen LogP contribution < -0.4 is 9.64 Å². The molecule has 0 aromatic heterocycles. The van der Waals surface area contributed by atoms with Gasteiger partial charge < -0.3 is 4.74 Å². The van der Waals surface area contributed by atoms with Crippen molar-refractivity contribution < 1.29 is 24.2 Å². The average molecular weight is 393 g/mol. The van der Waals surface area contributed by atoms with Crippen LogP contribution in [-0.2, 0) is 0 Å². The Bertz CT molecular complexity index is 1180. The highest BCUT2D eigenvalue weighted by Gasteiger charge is 2.39. The zero-order chi connectivity index (χ0) is 20.9. The Labute approximate surface area is 162 Å². The second-order valence-corrected chi connectivity index (χ2v) is 6.15. The van der Waals surface area contributed by atoms with Gasteiger partial charge in [0.15, 0.2) is 0 Å². The molecule has 0 bridgehead atoms. The van der Waals surface area contributed by atoms with E-state index >= 15 is 0 Å². The van der Waals surface area contributed by atoms with Crippen molar-refractivity contribution in [3.05, 3.63) is 79.9 Å². The minimum absolute atomic E-state index is 0.0465. The summed E-state index contributed by atoms with van der Waals surface area (Å²) in [4.78, 5) is 48.5. The van der Waals surface area contributed by atoms with Gasteiger partial charge in [-0.15, -0.1) is 0 Å². The summed E-state index contributed by atoms with van der Waals surface area (Å²) >= 11 is 0. The van der Waals surface area contributed by atoms with Crippen molar-refractivity contribution in [2.24, 2.45) is 0 Å². The Hall–Kier alpha value is -4.34. The number of ether oxygens (including phenoxy) is 1. The molecule has 1 aliphatic rings. The van der Waals surface area contributed by atoms with Crippen LogP contribution in [0.25, 0.3) is 10.8 Å². The molecule has 10 nitrogen and oxygen atoms in total. The maximum absolute atomic E-state index is 13.2. The molecule has 0 radical (unpaired) electrons. The first-order chi connectivity index (χ1) is 13.9. The monoisotopic (exact) mass is 393 g/mol. The number of hydrogen-bond acceptors (Lipinski definition) is 7. The largest absolute Gasteiger partial charge is 0.495 e. The Morgan fingerprint density at radius 1 is 0.793 bits per heavy atom. The number of hydrogen-bond donors (Lipinski definition) is 0. The molecule has 4 rings (SSSR count). The molecule has 2 amide bonds. The van der Waals surface area contributed by atoms with Gasteiger partial charge in [-0.25, -0.2) is 4.90 Å². The maximum atomic E-state index is 13.2. The van der Waals surface area contributed by atoms with Crippen LogP contribution in [0.15, 0.2) is 48.5 Å². The predicted molar refractivity (Wildman–Crippen MR) is 101 cm³/mol. The first kappa shape index (κ1) is 18.0. The van der Waals surface area contributed by atoms with Crippen molar-refractivity contribution in [1.82, 2.24) is 0 Å². The minimum Gasteiger partial charge on any atom is -0.495 e. The third-order valence-corrected chi connectivity index (χ3v) is 4.70. The lowest BCUT2D eigenvalue weighted by Crippen LogP contribution is -2.40. The second-order valence-electron chi connectivity index (χ2n) is 6.15. The van der Waals surface area contributed by atoms with E-state index < -0.39 is 33.0 Å². The van der Waals surface area contributed by atoms with Crippen LogP contribution in [0.4, 0.5) is 17.1 Å². The van der Waals surface area contributed by atoms with Gasteiger partial charge in [-0.1, -0.05) is 12.1 Å². The van der Waals surface area contributed by atoms with Gasteiger partial charge >= 0.3 is 0 Å². The van der Waals surface area contributed by atoms with Crippen LogP contribution in [0.3, 0.4) is 0 Å². The fourth-order valence-corrected chi connectivity index (χ4v) is 3.49. The number of nitro benzene ring substituents is 2. The number of amides is 2. The Morgan fingerprint density at radius 2 is 1.31 bits per heavy atom. The molecule has 29 heavy (non-hydrogen) atoms. The van der Waals surface area contributed by atoms with Crippen molar-refractivity contribution in [1.29, 1.82) is 0 Å². The Morgan fingerprint density at radius 3 is 1.79 bits per heavy atom. The van der Waals surface area contributed by atoms with Crippen molar-refractivity contribution in [3.8, 4) is 5.75 Å². The number of carbonyl (C=O) groups is 2. The van der Waals surface area contributed by atoms with Gasteiger partial charge in [0.2, 0.25) is 0 Å². The van der Waals surface area contributed by atoms with Gasteiger partial charge in [0.1, 0.15) is 11.1 Å². The smallest absolute Gasteiger partial charge is 0.284 e. The average Bonchev–Trinajstić information content (AvgIpc) is 2.71. The number of carbonyl (C=O) groups excluding carboxylic acids is 2. The van der Waals surface area contributed by atoms with E-state index in [4.69, 9.17) is 4.74 Å². The van der Waals surface area contributed by atoms with Crippen molar-refractivity contribution in [3.63, 3.8) is 0 Å². The van der Waals surface area contributed by atoms with Crippen molar-refractivity contribution >= 4 is 39.6 Å². The number of rotatable bonds is 4. The third-order valence-electron chi connectivity index (χ3n) is 4.70. The van der Waals surface area contributed by atoms with Crippen LogP contribution in [0.5, 0.6) is 5.75 Å². The number of nitro groups is 2. The third kappa shape index (κ3) is 2.50. The van der Waals surface area contributed by atoms with Crippen LogP contribution in [-0.4, -0.2) is 28.8 Å². The fraction of sp³-hybridized carbons (Fsp3) is 0.0526. The topological polar surface area (TPSA) is 133 Å². The number of non-ortho nitro benzene ring substituents is 2. The lowest BCUT2D eigenvalue weighted by molar-refractivity contribution is -0.390. The van der Waals surface area contributed by atoms with E-state index in [1.54, 1.807) is 18.2 Å². The van der Waals surface area contributed by atoms with Crippen LogP contribution in [0, 0.1) is 20.2 Å². The molecule has 1 heterocycles. The molecule has 0 spiro atoms. The van der Waals surface area contributed by atoms with Crippen LogP contribution >= 0.6 is 0 Å². The molecule has 0 saturated carbocycles. The summed E-state index contributed by atoms with van der Waals surface area (Å²) in [5, 5.41) is 22.4. The summed E-state index contributed by atoms with van der Waals surface area (Å²) in [6.45, 7) is 0. The molecular formula is C19H11N3O7. The second kappa shape index (κ2) is 6.37. The first-order valence-corrected chi connectivity index (χ1v) is 8.27. The van der Waals surface area contributed by atoms with Gasteiger partial charge in [0.25, 0.3) is 23.2 Å². The lowest BCUT2D eigenvalue weighted by Gasteiger charge is -2.28. The highest BCUT2D eigenvalue weighted by Crippen LogP contribution is 2.42. The SMILES string of the molecule is COc1ccccc1N1C(=O)c2ccc([N+](=O)[O-])c3c([N+](=O)[O-])ccc(c23)C1=O. The van der Waals surface area contributed by atoms with Crippen LogP contribution in [0.2, 0.25) is 0 Å². The van der Waals surface area contributed by atoms with E-state index in [1.807, 2.05) is 0 Å². The van der Waals surface area contributed by atoms with E-state index in [-0.39, 0.29) is 33.3 Å². The fourth-order valence-electron chi connectivity index (χ4n) is 3.49. The molecular weight excluding hydrogens is 382 g/mol. The maximum Gasteiger partial charge on any atom is 0.284 e. The summed E-state index contributed by atoms with van der Waals surface area (Å²) in [7, 11) is 1.39. The van der Waals surface area contributed by atoms with Gasteiger partial charge in [-0.3, -0.25) is 29.8 Å². The van der Waals surface area contributed by atoms with E-state index in [0.717, 1.165) is 17.0 Å². The molecule has 0 N–H and O–H groups in total. The molecule has 10 heteroatoms. The molecule has 0 unspecified atom stereocenters. The summed E-state index contributed by atoms with van der Waals surface area (Å²) in [6, 6.07) is 10.8. The molecule has 1 aliphatic heterocycles. The molecule has 0 atom stereocenters. The summed E-state index contributed by atoms with van der Waals surface area (Å²) in [5.74, 6) is -1.24. The quantitative estimate of drug-likeness (QED) is 0.376.